The van der Waals surface area contributed by atoms with Crippen LogP contribution in [0.3, 0.4) is 0 Å². The Kier molecular flexibility index (Phi) is 4.52. The molecule has 0 spiro atoms. The van der Waals surface area contributed by atoms with Crippen LogP contribution < -0.4 is 0 Å². The van der Waals surface area contributed by atoms with Crippen molar-refractivity contribution in [2.24, 2.45) is 11.8 Å². The van der Waals surface area contributed by atoms with Gasteiger partial charge in [0.2, 0.25) is 0 Å². The quantitative estimate of drug-likeness (QED) is 0.793. The van der Waals surface area contributed by atoms with E-state index < -0.39 is 9.84 Å². The van der Waals surface area contributed by atoms with Crippen LogP contribution in [0, 0.1) is 23.2 Å². The summed E-state index contributed by atoms with van der Waals surface area (Å²) in [6.07, 6.45) is 5.03. The van der Waals surface area contributed by atoms with Crippen LogP contribution in [0.4, 0.5) is 0 Å². The lowest BCUT2D eigenvalue weighted by Crippen LogP contribution is -2.47. The van der Waals surface area contributed by atoms with Gasteiger partial charge in [-0.15, -0.1) is 0 Å². The van der Waals surface area contributed by atoms with Crippen LogP contribution in [0.1, 0.15) is 39.0 Å². The zero-order chi connectivity index (χ0) is 14.0. The van der Waals surface area contributed by atoms with Gasteiger partial charge in [0.25, 0.3) is 0 Å². The lowest BCUT2D eigenvalue weighted by molar-refractivity contribution is 0.0945. The number of hydrogen-bond donors (Lipinski definition) is 0. The molecule has 0 bridgehead atoms. The van der Waals surface area contributed by atoms with Crippen molar-refractivity contribution in [2.45, 2.75) is 51.1 Å². The number of nitriles is 1. The summed E-state index contributed by atoms with van der Waals surface area (Å²) >= 11 is 0. The van der Waals surface area contributed by atoms with Gasteiger partial charge in [-0.3, -0.25) is 4.90 Å². The molecule has 4 nitrogen and oxygen atoms in total. The average Bonchev–Trinajstić information content (AvgIpc) is 2.77. The molecule has 0 aromatic carbocycles. The maximum atomic E-state index is 11.6. The van der Waals surface area contributed by atoms with Gasteiger partial charge in [-0.05, 0) is 38.6 Å². The van der Waals surface area contributed by atoms with Gasteiger partial charge in [0.1, 0.15) is 0 Å². The van der Waals surface area contributed by atoms with Gasteiger partial charge in [0, 0.05) is 12.1 Å². The Labute approximate surface area is 116 Å². The lowest BCUT2D eigenvalue weighted by atomic mass is 9.77. The zero-order valence-corrected chi connectivity index (χ0v) is 12.7. The van der Waals surface area contributed by atoms with E-state index in [1.807, 2.05) is 7.05 Å². The largest absolute Gasteiger partial charge is 0.298 e. The maximum Gasteiger partial charge on any atom is 0.151 e. The Hall–Kier alpha value is -0.600. The van der Waals surface area contributed by atoms with E-state index >= 15 is 0 Å². The second kappa shape index (κ2) is 5.80. The molecule has 0 amide bonds. The molecule has 108 valence electrons. The van der Waals surface area contributed by atoms with E-state index in [1.165, 1.54) is 0 Å². The molecule has 2 rings (SSSR count). The third kappa shape index (κ3) is 3.29. The maximum absolute atomic E-state index is 11.6. The molecule has 2 fully saturated rings. The van der Waals surface area contributed by atoms with Crippen LogP contribution in [-0.2, 0) is 9.84 Å². The summed E-state index contributed by atoms with van der Waals surface area (Å²) in [5.41, 5.74) is 0. The van der Waals surface area contributed by atoms with Gasteiger partial charge < -0.3 is 0 Å². The summed E-state index contributed by atoms with van der Waals surface area (Å²) < 4.78 is 23.2. The van der Waals surface area contributed by atoms with Crippen molar-refractivity contribution in [3.05, 3.63) is 0 Å². The second-order valence-electron chi connectivity index (χ2n) is 6.11. The third-order valence-corrected chi connectivity index (χ3v) is 6.73. The molecule has 0 N–H and O–H groups in total. The van der Waals surface area contributed by atoms with E-state index in [-0.39, 0.29) is 23.8 Å². The molecule has 1 saturated carbocycles. The number of sulfone groups is 1. The van der Waals surface area contributed by atoms with Crippen molar-refractivity contribution in [1.82, 2.24) is 4.90 Å². The standard InChI is InChI=1S/C14H24N2O2S/c1-3-11-4-5-12(9-15)14(8-11)16(2)13-6-7-19(17,18)10-13/h11-14H,3-8,10H2,1-2H3. The van der Waals surface area contributed by atoms with Gasteiger partial charge in [-0.1, -0.05) is 13.3 Å². The van der Waals surface area contributed by atoms with Crippen LogP contribution >= 0.6 is 0 Å². The summed E-state index contributed by atoms with van der Waals surface area (Å²) in [7, 11) is -0.835. The monoisotopic (exact) mass is 284 g/mol. The summed E-state index contributed by atoms with van der Waals surface area (Å²) in [6.45, 7) is 2.20. The molecule has 1 saturated heterocycles. The minimum atomic E-state index is -2.85. The topological polar surface area (TPSA) is 61.2 Å². The van der Waals surface area contributed by atoms with Gasteiger partial charge >= 0.3 is 0 Å². The van der Waals surface area contributed by atoms with Crippen molar-refractivity contribution >= 4 is 9.84 Å². The van der Waals surface area contributed by atoms with E-state index in [9.17, 15) is 13.7 Å². The van der Waals surface area contributed by atoms with E-state index in [0.717, 1.165) is 32.1 Å². The highest BCUT2D eigenvalue weighted by atomic mass is 32.2. The molecule has 0 aromatic heterocycles. The fraction of sp³-hybridized carbons (Fsp3) is 0.929. The molecule has 1 aliphatic heterocycles. The Bertz CT molecular complexity index is 455. The van der Waals surface area contributed by atoms with Crippen LogP contribution in [0.25, 0.3) is 0 Å². The van der Waals surface area contributed by atoms with Crippen molar-refractivity contribution in [1.29, 1.82) is 5.26 Å². The summed E-state index contributed by atoms with van der Waals surface area (Å²) in [5, 5.41) is 9.32. The van der Waals surface area contributed by atoms with Crippen LogP contribution in [0.2, 0.25) is 0 Å². The number of rotatable bonds is 3. The Morgan fingerprint density at radius 2 is 2.05 bits per heavy atom. The van der Waals surface area contributed by atoms with Crippen LogP contribution in [0.15, 0.2) is 0 Å². The van der Waals surface area contributed by atoms with Gasteiger partial charge in [-0.2, -0.15) is 5.26 Å². The Morgan fingerprint density at radius 1 is 1.32 bits per heavy atom. The molecule has 0 aromatic rings. The van der Waals surface area contributed by atoms with Crippen LogP contribution in [0.5, 0.6) is 0 Å². The van der Waals surface area contributed by atoms with Crippen molar-refractivity contribution < 1.29 is 8.42 Å². The minimum Gasteiger partial charge on any atom is -0.298 e. The normalized spacial score (nSPS) is 38.2. The lowest BCUT2D eigenvalue weighted by Gasteiger charge is -2.40. The summed E-state index contributed by atoms with van der Waals surface area (Å²) in [6, 6.07) is 2.78. The highest BCUT2D eigenvalue weighted by Gasteiger charge is 2.38. The van der Waals surface area contributed by atoms with Gasteiger partial charge in [0.15, 0.2) is 9.84 Å². The van der Waals surface area contributed by atoms with E-state index in [0.29, 0.717) is 11.7 Å². The second-order valence-corrected chi connectivity index (χ2v) is 8.34. The fourth-order valence-corrected chi connectivity index (χ4v) is 5.36. The number of hydrogen-bond acceptors (Lipinski definition) is 4. The number of nitrogens with zero attached hydrogens (tertiary/aromatic N) is 2. The first-order valence-electron chi connectivity index (χ1n) is 7.28. The molecular weight excluding hydrogens is 260 g/mol. The average molecular weight is 284 g/mol. The molecule has 4 atom stereocenters. The predicted octanol–water partition coefficient (Wildman–Crippen LogP) is 1.82. The summed E-state index contributed by atoms with van der Waals surface area (Å²) in [5.74, 6) is 1.34. The molecule has 2 aliphatic rings. The van der Waals surface area contributed by atoms with Gasteiger partial charge in [-0.25, -0.2) is 8.42 Å². The molecule has 1 heterocycles. The minimum absolute atomic E-state index is 0.0658. The van der Waals surface area contributed by atoms with Crippen LogP contribution in [-0.4, -0.2) is 44.0 Å². The zero-order valence-electron chi connectivity index (χ0n) is 11.9. The van der Waals surface area contributed by atoms with Crippen molar-refractivity contribution in [3.63, 3.8) is 0 Å². The Balaban J connectivity index is 2.07. The molecule has 4 unspecified atom stereocenters. The molecular formula is C14H24N2O2S. The fourth-order valence-electron chi connectivity index (χ4n) is 3.57. The SMILES string of the molecule is CCC1CCC(C#N)C(N(C)C2CCS(=O)(=O)C2)C1. The predicted molar refractivity (Wildman–Crippen MR) is 75.3 cm³/mol. The highest BCUT2D eigenvalue weighted by molar-refractivity contribution is 7.91. The molecule has 5 heteroatoms. The first-order chi connectivity index (χ1) is 8.96. The first kappa shape index (κ1) is 14.8. The molecule has 19 heavy (non-hydrogen) atoms. The van der Waals surface area contributed by atoms with Crippen molar-refractivity contribution in [2.75, 3.05) is 18.6 Å². The van der Waals surface area contributed by atoms with Crippen molar-refractivity contribution in [3.8, 4) is 6.07 Å². The summed E-state index contributed by atoms with van der Waals surface area (Å²) in [4.78, 5) is 2.19. The first-order valence-corrected chi connectivity index (χ1v) is 9.11. The smallest absolute Gasteiger partial charge is 0.151 e. The van der Waals surface area contributed by atoms with Gasteiger partial charge in [0.05, 0.1) is 23.5 Å². The molecule has 0 radical (unpaired) electrons. The third-order valence-electron chi connectivity index (χ3n) is 4.98. The molecule has 1 aliphatic carbocycles. The van der Waals surface area contributed by atoms with E-state index in [1.54, 1.807) is 0 Å². The van der Waals surface area contributed by atoms with E-state index in [4.69, 9.17) is 0 Å². The Morgan fingerprint density at radius 3 is 2.58 bits per heavy atom. The highest BCUT2D eigenvalue weighted by Crippen LogP contribution is 2.35. The van der Waals surface area contributed by atoms with E-state index in [2.05, 4.69) is 17.9 Å².